The number of aryl methyl sites for hydroxylation is 3. The van der Waals surface area contributed by atoms with Crippen LogP contribution in [0.5, 0.6) is 0 Å². The second-order valence-electron chi connectivity index (χ2n) is 5.07. The van der Waals surface area contributed by atoms with Crippen molar-refractivity contribution < 1.29 is 8.42 Å². The maximum Gasteiger partial charge on any atom is 0.257 e. The first-order valence-corrected chi connectivity index (χ1v) is 8.68. The summed E-state index contributed by atoms with van der Waals surface area (Å²) >= 11 is 0. The van der Waals surface area contributed by atoms with Crippen LogP contribution in [0.3, 0.4) is 0 Å². The van der Waals surface area contributed by atoms with Gasteiger partial charge in [0.2, 0.25) is 0 Å². The maximum absolute atomic E-state index is 11.4. The number of imidazole rings is 1. The fraction of sp³-hybridized carbons (Fsp3) is 0.400. The third-order valence-electron chi connectivity index (χ3n) is 3.31. The van der Waals surface area contributed by atoms with E-state index in [1.54, 1.807) is 6.20 Å². The molecule has 2 aromatic rings. The molecule has 0 amide bonds. The largest absolute Gasteiger partial charge is 0.333 e. The van der Waals surface area contributed by atoms with Crippen LogP contribution in [0.25, 0.3) is 0 Å². The Morgan fingerprint density at radius 3 is 2.52 bits per heavy atom. The molecule has 1 aromatic heterocycles. The van der Waals surface area contributed by atoms with Gasteiger partial charge in [-0.1, -0.05) is 37.3 Å². The molecule has 6 heteroatoms. The number of aromatic nitrogens is 2. The number of benzene rings is 1. The van der Waals surface area contributed by atoms with E-state index < -0.39 is 10.0 Å². The van der Waals surface area contributed by atoms with Crippen LogP contribution < -0.4 is 5.14 Å². The first kappa shape index (κ1) is 15.7. The van der Waals surface area contributed by atoms with Gasteiger partial charge in [0.15, 0.2) is 5.03 Å². The van der Waals surface area contributed by atoms with E-state index in [9.17, 15) is 8.42 Å². The van der Waals surface area contributed by atoms with Crippen LogP contribution in [-0.4, -0.2) is 18.0 Å². The molecule has 1 aromatic carbocycles. The Morgan fingerprint density at radius 2 is 1.90 bits per heavy atom. The average molecular weight is 307 g/mol. The molecule has 0 fully saturated rings. The summed E-state index contributed by atoms with van der Waals surface area (Å²) in [6.07, 6.45) is 5.10. The summed E-state index contributed by atoms with van der Waals surface area (Å²) in [6.45, 7) is 2.78. The highest BCUT2D eigenvalue weighted by atomic mass is 32.2. The molecule has 0 bridgehead atoms. The Labute approximate surface area is 125 Å². The average Bonchev–Trinajstić information content (AvgIpc) is 2.84. The summed E-state index contributed by atoms with van der Waals surface area (Å²) in [7, 11) is -3.73. The number of nitrogens with two attached hydrogens (primary N) is 1. The van der Waals surface area contributed by atoms with Crippen LogP contribution in [0.4, 0.5) is 0 Å². The molecule has 0 saturated heterocycles. The minimum absolute atomic E-state index is 0.0364. The molecule has 0 atom stereocenters. The summed E-state index contributed by atoms with van der Waals surface area (Å²) in [5, 5.41) is 5.11. The van der Waals surface area contributed by atoms with Crippen LogP contribution >= 0.6 is 0 Å². The monoisotopic (exact) mass is 307 g/mol. The Morgan fingerprint density at radius 1 is 1.19 bits per heavy atom. The minimum atomic E-state index is -3.73. The van der Waals surface area contributed by atoms with E-state index in [0.717, 1.165) is 38.1 Å². The van der Waals surface area contributed by atoms with E-state index in [-0.39, 0.29) is 5.03 Å². The zero-order valence-corrected chi connectivity index (χ0v) is 13.0. The third-order valence-corrected chi connectivity index (χ3v) is 4.09. The van der Waals surface area contributed by atoms with Crippen molar-refractivity contribution in [3.05, 3.63) is 47.9 Å². The van der Waals surface area contributed by atoms with Gasteiger partial charge in [0.25, 0.3) is 10.0 Å². The molecule has 1 heterocycles. The van der Waals surface area contributed by atoms with E-state index in [4.69, 9.17) is 5.14 Å². The van der Waals surface area contributed by atoms with Crippen molar-refractivity contribution in [2.75, 3.05) is 0 Å². The number of sulfonamides is 1. The molecule has 5 nitrogen and oxygen atoms in total. The number of hydrogen-bond acceptors (Lipinski definition) is 3. The number of hydrogen-bond donors (Lipinski definition) is 1. The lowest BCUT2D eigenvalue weighted by molar-refractivity contribution is 0.594. The van der Waals surface area contributed by atoms with Crippen molar-refractivity contribution in [1.82, 2.24) is 9.55 Å². The van der Waals surface area contributed by atoms with E-state index >= 15 is 0 Å². The Bertz CT molecular complexity index is 678. The van der Waals surface area contributed by atoms with E-state index in [2.05, 4.69) is 17.1 Å². The summed E-state index contributed by atoms with van der Waals surface area (Å²) in [5.74, 6) is 0.787. The van der Waals surface area contributed by atoms with E-state index in [1.807, 2.05) is 29.7 Å². The standard InChI is InChI=1S/C15H21N3O2S/c1-2-7-14-17-15(21(16,19)20)12-18(14)11-6-10-13-8-4-3-5-9-13/h3-5,8-9,12H,2,6-7,10-11H2,1H3,(H2,16,19,20). The van der Waals surface area contributed by atoms with Gasteiger partial charge < -0.3 is 4.57 Å². The molecule has 0 aliphatic rings. The van der Waals surface area contributed by atoms with Gasteiger partial charge >= 0.3 is 0 Å². The normalized spacial score (nSPS) is 11.7. The topological polar surface area (TPSA) is 78.0 Å². The second kappa shape index (κ2) is 6.87. The fourth-order valence-corrected chi connectivity index (χ4v) is 2.79. The Kier molecular flexibility index (Phi) is 5.14. The van der Waals surface area contributed by atoms with Crippen molar-refractivity contribution in [3.8, 4) is 0 Å². The van der Waals surface area contributed by atoms with Crippen LogP contribution in [0, 0.1) is 0 Å². The lowest BCUT2D eigenvalue weighted by Gasteiger charge is -2.06. The lowest BCUT2D eigenvalue weighted by atomic mass is 10.1. The van der Waals surface area contributed by atoms with Crippen molar-refractivity contribution >= 4 is 10.0 Å². The van der Waals surface area contributed by atoms with E-state index in [0.29, 0.717) is 0 Å². The molecule has 0 aliphatic heterocycles. The lowest BCUT2D eigenvalue weighted by Crippen LogP contribution is -2.12. The zero-order valence-electron chi connectivity index (χ0n) is 12.2. The van der Waals surface area contributed by atoms with Crippen LogP contribution in [-0.2, 0) is 29.4 Å². The number of primary sulfonamides is 1. The third kappa shape index (κ3) is 4.41. The Balaban J connectivity index is 2.06. The number of nitrogens with zero attached hydrogens (tertiary/aromatic N) is 2. The molecular weight excluding hydrogens is 286 g/mol. The molecule has 0 radical (unpaired) electrons. The first-order valence-electron chi connectivity index (χ1n) is 7.13. The predicted octanol–water partition coefficient (Wildman–Crippen LogP) is 2.12. The smallest absolute Gasteiger partial charge is 0.257 e. The summed E-state index contributed by atoms with van der Waals surface area (Å²) in [4.78, 5) is 4.15. The molecule has 0 spiro atoms. The molecule has 0 unspecified atom stereocenters. The quantitative estimate of drug-likeness (QED) is 0.851. The van der Waals surface area contributed by atoms with Gasteiger partial charge in [-0.05, 0) is 24.8 Å². The molecule has 114 valence electrons. The van der Waals surface area contributed by atoms with Crippen LogP contribution in [0.1, 0.15) is 31.2 Å². The van der Waals surface area contributed by atoms with Gasteiger partial charge in [0, 0.05) is 19.2 Å². The minimum Gasteiger partial charge on any atom is -0.333 e. The maximum atomic E-state index is 11.4. The summed E-state index contributed by atoms with van der Waals surface area (Å²) < 4.78 is 24.7. The fourth-order valence-electron chi connectivity index (χ4n) is 2.28. The molecule has 2 rings (SSSR count). The van der Waals surface area contributed by atoms with Gasteiger partial charge in [0.1, 0.15) is 5.82 Å². The Hall–Kier alpha value is -1.66. The highest BCUT2D eigenvalue weighted by molar-refractivity contribution is 7.89. The SMILES string of the molecule is CCCc1nc(S(N)(=O)=O)cn1CCCc1ccccc1. The second-order valence-corrected chi connectivity index (χ2v) is 6.58. The van der Waals surface area contributed by atoms with Crippen molar-refractivity contribution in [2.45, 2.75) is 44.2 Å². The van der Waals surface area contributed by atoms with Crippen LogP contribution in [0.15, 0.2) is 41.6 Å². The molecule has 2 N–H and O–H groups in total. The first-order chi connectivity index (χ1) is 10.0. The predicted molar refractivity (Wildman–Crippen MR) is 82.4 cm³/mol. The summed E-state index contributed by atoms with van der Waals surface area (Å²) in [5.41, 5.74) is 1.28. The zero-order chi connectivity index (χ0) is 15.3. The highest BCUT2D eigenvalue weighted by Gasteiger charge is 2.15. The highest BCUT2D eigenvalue weighted by Crippen LogP contribution is 2.12. The molecule has 21 heavy (non-hydrogen) atoms. The van der Waals surface area contributed by atoms with E-state index in [1.165, 1.54) is 5.56 Å². The van der Waals surface area contributed by atoms with Crippen molar-refractivity contribution in [3.63, 3.8) is 0 Å². The van der Waals surface area contributed by atoms with Gasteiger partial charge in [-0.25, -0.2) is 18.5 Å². The van der Waals surface area contributed by atoms with Crippen molar-refractivity contribution in [1.29, 1.82) is 0 Å². The van der Waals surface area contributed by atoms with Gasteiger partial charge in [-0.2, -0.15) is 0 Å². The van der Waals surface area contributed by atoms with Crippen molar-refractivity contribution in [2.24, 2.45) is 5.14 Å². The van der Waals surface area contributed by atoms with Gasteiger partial charge in [-0.3, -0.25) is 0 Å². The molecule has 0 aliphatic carbocycles. The van der Waals surface area contributed by atoms with Gasteiger partial charge in [-0.15, -0.1) is 0 Å². The van der Waals surface area contributed by atoms with Gasteiger partial charge in [0.05, 0.1) is 0 Å². The van der Waals surface area contributed by atoms with Crippen LogP contribution in [0.2, 0.25) is 0 Å². The summed E-state index contributed by atoms with van der Waals surface area (Å²) in [6, 6.07) is 10.2. The molecule has 0 saturated carbocycles. The molecular formula is C15H21N3O2S. The number of rotatable bonds is 7.